The lowest BCUT2D eigenvalue weighted by Gasteiger charge is -2.22. The normalized spacial score (nSPS) is 11.5. The Labute approximate surface area is 240 Å². The van der Waals surface area contributed by atoms with Crippen molar-refractivity contribution in [3.63, 3.8) is 0 Å². The van der Waals surface area contributed by atoms with Crippen LogP contribution < -0.4 is 16.0 Å². The van der Waals surface area contributed by atoms with Gasteiger partial charge in [-0.2, -0.15) is 4.98 Å². The average molecular weight is 558 g/mol. The number of amides is 2. The van der Waals surface area contributed by atoms with Gasteiger partial charge in [0.1, 0.15) is 11.9 Å². The summed E-state index contributed by atoms with van der Waals surface area (Å²) in [6.07, 6.45) is 5.20. The third-order valence-electron chi connectivity index (χ3n) is 6.00. The Kier molecular flexibility index (Phi) is 11.4. The highest BCUT2D eigenvalue weighted by atomic mass is 19.1. The summed E-state index contributed by atoms with van der Waals surface area (Å²) in [7, 11) is 5.42. The predicted molar refractivity (Wildman–Crippen MR) is 161 cm³/mol. The molecule has 2 aromatic carbocycles. The zero-order chi connectivity index (χ0) is 29.8. The van der Waals surface area contributed by atoms with Crippen LogP contribution in [0.2, 0.25) is 0 Å². The summed E-state index contributed by atoms with van der Waals surface area (Å²) in [6.45, 7) is 4.64. The fourth-order valence-corrected chi connectivity index (χ4v) is 3.50. The first-order valence-electron chi connectivity index (χ1n) is 13.2. The van der Waals surface area contributed by atoms with Crippen LogP contribution in [0, 0.1) is 24.6 Å². The molecule has 0 radical (unpaired) electrons. The maximum absolute atomic E-state index is 13.6. The molecule has 0 aliphatic carbocycles. The van der Waals surface area contributed by atoms with Crippen molar-refractivity contribution in [3.05, 3.63) is 83.8 Å². The minimum absolute atomic E-state index is 0.238. The van der Waals surface area contributed by atoms with E-state index in [2.05, 4.69) is 37.8 Å². The summed E-state index contributed by atoms with van der Waals surface area (Å²) in [5, 5.41) is 9.10. The maximum atomic E-state index is 13.6. The zero-order valence-corrected chi connectivity index (χ0v) is 24.0. The molecule has 0 aliphatic heterocycles. The van der Waals surface area contributed by atoms with Gasteiger partial charge in [0, 0.05) is 44.0 Å². The van der Waals surface area contributed by atoms with Crippen LogP contribution >= 0.6 is 0 Å². The Balaban J connectivity index is 1.64. The number of hydrogen-bond donors (Lipinski definition) is 3. The first kappa shape index (κ1) is 30.8. The van der Waals surface area contributed by atoms with Crippen LogP contribution in [0.1, 0.15) is 24.5 Å². The number of anilines is 4. The Bertz CT molecular complexity index is 1430. The summed E-state index contributed by atoms with van der Waals surface area (Å²) in [5.74, 6) is 6.01. The van der Waals surface area contributed by atoms with Crippen molar-refractivity contribution in [2.45, 2.75) is 26.3 Å². The lowest BCUT2D eigenvalue weighted by Crippen LogP contribution is -2.45. The highest BCUT2D eigenvalue weighted by molar-refractivity contribution is 5.92. The molecule has 0 unspecified atom stereocenters. The van der Waals surface area contributed by atoms with Crippen LogP contribution in [0.3, 0.4) is 0 Å². The number of hydrogen-bond acceptors (Lipinski definition) is 7. The zero-order valence-electron chi connectivity index (χ0n) is 24.0. The summed E-state index contributed by atoms with van der Waals surface area (Å²) in [5.41, 5.74) is 3.03. The van der Waals surface area contributed by atoms with Gasteiger partial charge in [-0.05, 0) is 58.3 Å². The van der Waals surface area contributed by atoms with Crippen LogP contribution in [-0.2, 0) is 9.59 Å². The van der Waals surface area contributed by atoms with Gasteiger partial charge >= 0.3 is 0 Å². The number of aromatic nitrogens is 2. The average Bonchev–Trinajstić information content (AvgIpc) is 2.94. The first-order valence-corrected chi connectivity index (χ1v) is 13.2. The third kappa shape index (κ3) is 10.1. The highest BCUT2D eigenvalue weighted by Gasteiger charge is 2.20. The van der Waals surface area contributed by atoms with Crippen LogP contribution in [-0.4, -0.2) is 71.9 Å². The molecule has 1 atom stereocenters. The molecule has 0 aliphatic rings. The van der Waals surface area contributed by atoms with E-state index in [0.717, 1.165) is 11.3 Å². The summed E-state index contributed by atoms with van der Waals surface area (Å²) in [6, 6.07) is 13.2. The van der Waals surface area contributed by atoms with Gasteiger partial charge in [0.2, 0.25) is 17.8 Å². The van der Waals surface area contributed by atoms with E-state index in [9.17, 15) is 14.0 Å². The number of benzene rings is 2. The number of likely N-dealkylation sites (N-methyl/N-ethyl adjacent to an activating group) is 2. The SMILES string of the molecule is Cc1ccc(Nc2nc(Nc3cccc(F)c3)ncc2C#CCCNC(=O)[C@H](C)N(C)C(=O)/C=C/CN(C)C)cc1. The topological polar surface area (TPSA) is 102 Å². The van der Waals surface area contributed by atoms with Crippen molar-refractivity contribution >= 4 is 35.0 Å². The van der Waals surface area contributed by atoms with Crippen molar-refractivity contribution in [3.8, 4) is 11.8 Å². The Morgan fingerprint density at radius 3 is 2.54 bits per heavy atom. The lowest BCUT2D eigenvalue weighted by molar-refractivity contribution is -0.135. The van der Waals surface area contributed by atoms with Crippen molar-refractivity contribution in [2.24, 2.45) is 0 Å². The first-order chi connectivity index (χ1) is 19.6. The van der Waals surface area contributed by atoms with E-state index in [1.807, 2.05) is 50.2 Å². The predicted octanol–water partition coefficient (Wildman–Crippen LogP) is 4.23. The van der Waals surface area contributed by atoms with Gasteiger partial charge in [-0.25, -0.2) is 9.37 Å². The van der Waals surface area contributed by atoms with E-state index >= 15 is 0 Å². The standard InChI is InChI=1S/C31H36FN7O2/c1-22-14-16-26(17-15-22)35-29-24(21-34-31(37-29)36-27-12-8-11-25(32)20-27)10-6-7-18-33-30(41)23(2)39(5)28(40)13-9-19-38(3)4/h8-9,11-17,20-21,23H,7,18-19H2,1-5H3,(H,33,41)(H2,34,35,36,37)/b13-9+/t23-/m0/s1. The molecule has 0 bridgehead atoms. The molecule has 0 spiro atoms. The number of carbonyl (C=O) groups is 2. The number of carbonyl (C=O) groups excluding carboxylic acids is 2. The molecule has 3 N–H and O–H groups in total. The quantitative estimate of drug-likeness (QED) is 0.184. The van der Waals surface area contributed by atoms with Gasteiger partial charge < -0.3 is 25.8 Å². The number of rotatable bonds is 11. The molecular weight excluding hydrogens is 521 g/mol. The van der Waals surface area contributed by atoms with Gasteiger partial charge in [0.25, 0.3) is 0 Å². The third-order valence-corrected chi connectivity index (χ3v) is 6.00. The van der Waals surface area contributed by atoms with Gasteiger partial charge in [0.15, 0.2) is 5.82 Å². The van der Waals surface area contributed by atoms with E-state index in [4.69, 9.17) is 0 Å². The molecule has 1 heterocycles. The number of halogens is 1. The summed E-state index contributed by atoms with van der Waals surface area (Å²) >= 11 is 0. The molecule has 214 valence electrons. The lowest BCUT2D eigenvalue weighted by atomic mass is 10.2. The molecule has 0 saturated carbocycles. The van der Waals surface area contributed by atoms with Crippen molar-refractivity contribution in [1.29, 1.82) is 0 Å². The van der Waals surface area contributed by atoms with E-state index in [1.54, 1.807) is 38.4 Å². The molecule has 3 aromatic rings. The maximum Gasteiger partial charge on any atom is 0.246 e. The minimum atomic E-state index is -0.628. The van der Waals surface area contributed by atoms with Crippen LogP contribution in [0.4, 0.5) is 27.5 Å². The Morgan fingerprint density at radius 1 is 1.07 bits per heavy atom. The second kappa shape index (κ2) is 15.1. The van der Waals surface area contributed by atoms with Crippen molar-refractivity contribution < 1.29 is 14.0 Å². The number of nitrogens with one attached hydrogen (secondary N) is 3. The van der Waals surface area contributed by atoms with Gasteiger partial charge in [-0.3, -0.25) is 9.59 Å². The summed E-state index contributed by atoms with van der Waals surface area (Å²) in [4.78, 5) is 37.1. The second-order valence-corrected chi connectivity index (χ2v) is 9.71. The van der Waals surface area contributed by atoms with Crippen LogP contribution in [0.15, 0.2) is 66.9 Å². The van der Waals surface area contributed by atoms with E-state index in [1.165, 1.54) is 23.1 Å². The smallest absolute Gasteiger partial charge is 0.246 e. The minimum Gasteiger partial charge on any atom is -0.353 e. The van der Waals surface area contributed by atoms with Gasteiger partial charge in [-0.1, -0.05) is 41.7 Å². The second-order valence-electron chi connectivity index (χ2n) is 9.71. The molecule has 0 saturated heterocycles. The van der Waals surface area contributed by atoms with Gasteiger partial charge in [-0.15, -0.1) is 0 Å². The van der Waals surface area contributed by atoms with Crippen LogP contribution in [0.25, 0.3) is 0 Å². The van der Waals surface area contributed by atoms with Crippen molar-refractivity contribution in [2.75, 3.05) is 44.9 Å². The molecule has 0 fully saturated rings. The fourth-order valence-electron chi connectivity index (χ4n) is 3.50. The molecule has 9 nitrogen and oxygen atoms in total. The van der Waals surface area contributed by atoms with Crippen LogP contribution in [0.5, 0.6) is 0 Å². The van der Waals surface area contributed by atoms with Crippen molar-refractivity contribution in [1.82, 2.24) is 25.1 Å². The summed E-state index contributed by atoms with van der Waals surface area (Å²) < 4.78 is 13.6. The molecular formula is C31H36FN7O2. The van der Waals surface area contributed by atoms with Gasteiger partial charge in [0.05, 0.1) is 11.8 Å². The molecule has 1 aromatic heterocycles. The molecule has 2 amide bonds. The number of nitrogens with zero attached hydrogens (tertiary/aromatic N) is 4. The Morgan fingerprint density at radius 2 is 1.83 bits per heavy atom. The van der Waals surface area contributed by atoms with E-state index in [-0.39, 0.29) is 23.6 Å². The highest BCUT2D eigenvalue weighted by Crippen LogP contribution is 2.21. The largest absolute Gasteiger partial charge is 0.353 e. The number of aryl methyl sites for hydroxylation is 1. The van der Waals surface area contributed by atoms with E-state index in [0.29, 0.717) is 36.6 Å². The fraction of sp³-hybridized carbons (Fsp3) is 0.290. The monoisotopic (exact) mass is 557 g/mol. The molecule has 10 heteroatoms. The Hall–Kier alpha value is -4.75. The molecule has 41 heavy (non-hydrogen) atoms. The van der Waals surface area contributed by atoms with E-state index < -0.39 is 6.04 Å². The molecule has 3 rings (SSSR count).